The average molecular weight is 304 g/mol. The molecule has 5 heteroatoms. The number of alkyl halides is 1. The van der Waals surface area contributed by atoms with Crippen molar-refractivity contribution in [3.05, 3.63) is 35.4 Å². The summed E-state index contributed by atoms with van der Waals surface area (Å²) in [6, 6.07) is 7.23. The SMILES string of the molecule is CC1(c2ccc(C3(F)CCNCC3)cc2)CCC(=O)NC1=O. The summed E-state index contributed by atoms with van der Waals surface area (Å²) in [4.78, 5) is 23.5. The quantitative estimate of drug-likeness (QED) is 0.821. The van der Waals surface area contributed by atoms with E-state index in [-0.39, 0.29) is 11.8 Å². The predicted molar refractivity (Wildman–Crippen MR) is 81.1 cm³/mol. The van der Waals surface area contributed by atoms with Crippen molar-refractivity contribution in [2.24, 2.45) is 0 Å². The van der Waals surface area contributed by atoms with E-state index in [1.807, 2.05) is 19.1 Å². The molecule has 1 unspecified atom stereocenters. The minimum atomic E-state index is -1.28. The molecule has 0 aliphatic carbocycles. The van der Waals surface area contributed by atoms with Crippen LogP contribution in [0.25, 0.3) is 0 Å². The lowest BCUT2D eigenvalue weighted by molar-refractivity contribution is -0.137. The fraction of sp³-hybridized carbons (Fsp3) is 0.529. The first-order valence-electron chi connectivity index (χ1n) is 7.79. The van der Waals surface area contributed by atoms with Crippen molar-refractivity contribution in [3.63, 3.8) is 0 Å². The zero-order valence-electron chi connectivity index (χ0n) is 12.7. The van der Waals surface area contributed by atoms with Crippen LogP contribution in [-0.4, -0.2) is 24.9 Å². The van der Waals surface area contributed by atoms with Gasteiger partial charge in [0.1, 0.15) is 5.67 Å². The van der Waals surface area contributed by atoms with Gasteiger partial charge >= 0.3 is 0 Å². The highest BCUT2D eigenvalue weighted by Gasteiger charge is 2.40. The summed E-state index contributed by atoms with van der Waals surface area (Å²) in [5, 5.41) is 5.56. The Labute approximate surface area is 129 Å². The number of hydrogen-bond acceptors (Lipinski definition) is 3. The van der Waals surface area contributed by atoms with Crippen LogP contribution in [0.1, 0.15) is 43.7 Å². The summed E-state index contributed by atoms with van der Waals surface area (Å²) in [5.74, 6) is -0.496. The molecular formula is C17H21FN2O2. The molecule has 2 saturated heterocycles. The largest absolute Gasteiger partial charge is 0.316 e. The summed E-state index contributed by atoms with van der Waals surface area (Å²) in [5.41, 5.74) is -0.494. The lowest BCUT2D eigenvalue weighted by Gasteiger charge is -2.33. The van der Waals surface area contributed by atoms with Gasteiger partial charge in [-0.3, -0.25) is 14.9 Å². The number of carbonyl (C=O) groups excluding carboxylic acids is 2. The van der Waals surface area contributed by atoms with Gasteiger partial charge in [-0.25, -0.2) is 4.39 Å². The predicted octanol–water partition coefficient (Wildman–Crippen LogP) is 1.93. The first kappa shape index (κ1) is 15.2. The van der Waals surface area contributed by atoms with Gasteiger partial charge in [-0.15, -0.1) is 0 Å². The van der Waals surface area contributed by atoms with Gasteiger partial charge in [-0.05, 0) is 50.4 Å². The van der Waals surface area contributed by atoms with E-state index in [4.69, 9.17) is 0 Å². The van der Waals surface area contributed by atoms with Gasteiger partial charge in [-0.2, -0.15) is 0 Å². The molecule has 0 bridgehead atoms. The maximum atomic E-state index is 14.9. The number of nitrogens with one attached hydrogen (secondary N) is 2. The van der Waals surface area contributed by atoms with Gasteiger partial charge in [0.05, 0.1) is 5.41 Å². The van der Waals surface area contributed by atoms with Crippen LogP contribution >= 0.6 is 0 Å². The topological polar surface area (TPSA) is 58.2 Å². The monoisotopic (exact) mass is 304 g/mol. The number of hydrogen-bond donors (Lipinski definition) is 2. The van der Waals surface area contributed by atoms with Gasteiger partial charge < -0.3 is 5.32 Å². The average Bonchev–Trinajstić information content (AvgIpc) is 2.52. The number of amides is 2. The van der Waals surface area contributed by atoms with Gasteiger partial charge in [0.15, 0.2) is 0 Å². The molecule has 4 nitrogen and oxygen atoms in total. The van der Waals surface area contributed by atoms with E-state index in [1.54, 1.807) is 12.1 Å². The Morgan fingerprint density at radius 3 is 2.18 bits per heavy atom. The molecule has 1 aromatic carbocycles. The second-order valence-electron chi connectivity index (χ2n) is 6.50. The van der Waals surface area contributed by atoms with E-state index < -0.39 is 11.1 Å². The molecule has 2 fully saturated rings. The van der Waals surface area contributed by atoms with E-state index in [0.29, 0.717) is 44.3 Å². The van der Waals surface area contributed by atoms with Crippen molar-refractivity contribution in [2.45, 2.75) is 43.7 Å². The zero-order valence-corrected chi connectivity index (χ0v) is 12.7. The molecule has 22 heavy (non-hydrogen) atoms. The van der Waals surface area contributed by atoms with Crippen LogP contribution in [0.15, 0.2) is 24.3 Å². The summed E-state index contributed by atoms with van der Waals surface area (Å²) >= 11 is 0. The van der Waals surface area contributed by atoms with Crippen LogP contribution in [0.3, 0.4) is 0 Å². The fourth-order valence-electron chi connectivity index (χ4n) is 3.33. The molecule has 2 N–H and O–H groups in total. The van der Waals surface area contributed by atoms with Gasteiger partial charge in [0.25, 0.3) is 0 Å². The van der Waals surface area contributed by atoms with Crippen LogP contribution in [-0.2, 0) is 20.7 Å². The third kappa shape index (κ3) is 2.54. The maximum absolute atomic E-state index is 14.9. The van der Waals surface area contributed by atoms with Crippen LogP contribution < -0.4 is 10.6 Å². The van der Waals surface area contributed by atoms with Crippen molar-refractivity contribution in [2.75, 3.05) is 13.1 Å². The molecule has 0 saturated carbocycles. The molecule has 1 aromatic rings. The second kappa shape index (κ2) is 5.47. The van der Waals surface area contributed by atoms with Crippen LogP contribution in [0.2, 0.25) is 0 Å². The van der Waals surface area contributed by atoms with Gasteiger partial charge in [0.2, 0.25) is 11.8 Å². The Kier molecular flexibility index (Phi) is 3.77. The van der Waals surface area contributed by atoms with Crippen LogP contribution in [0.4, 0.5) is 4.39 Å². The first-order valence-corrected chi connectivity index (χ1v) is 7.79. The van der Waals surface area contributed by atoms with Gasteiger partial charge in [-0.1, -0.05) is 24.3 Å². The van der Waals surface area contributed by atoms with Crippen molar-refractivity contribution in [3.8, 4) is 0 Å². The molecule has 0 aromatic heterocycles. The fourth-order valence-corrected chi connectivity index (χ4v) is 3.33. The van der Waals surface area contributed by atoms with E-state index >= 15 is 0 Å². The number of rotatable bonds is 2. The molecule has 2 aliphatic heterocycles. The Balaban J connectivity index is 1.85. The number of piperidine rings is 2. The minimum absolute atomic E-state index is 0.225. The first-order chi connectivity index (χ1) is 10.4. The summed E-state index contributed by atoms with van der Waals surface area (Å²) < 4.78 is 14.9. The number of imide groups is 1. The van der Waals surface area contributed by atoms with E-state index in [0.717, 1.165) is 5.56 Å². The molecular weight excluding hydrogens is 283 g/mol. The normalized spacial score (nSPS) is 28.3. The molecule has 0 radical (unpaired) electrons. The molecule has 118 valence electrons. The van der Waals surface area contributed by atoms with Crippen molar-refractivity contribution < 1.29 is 14.0 Å². The Morgan fingerprint density at radius 1 is 1.00 bits per heavy atom. The number of benzene rings is 1. The molecule has 2 amide bonds. The third-order valence-corrected chi connectivity index (χ3v) is 5.04. The van der Waals surface area contributed by atoms with Crippen LogP contribution in [0.5, 0.6) is 0 Å². The third-order valence-electron chi connectivity index (χ3n) is 5.04. The lowest BCUT2D eigenvalue weighted by Crippen LogP contribution is -2.49. The Morgan fingerprint density at radius 2 is 1.59 bits per heavy atom. The van der Waals surface area contributed by atoms with E-state index in [9.17, 15) is 14.0 Å². The molecule has 0 spiro atoms. The molecule has 3 rings (SSSR count). The van der Waals surface area contributed by atoms with Crippen molar-refractivity contribution in [1.29, 1.82) is 0 Å². The highest BCUT2D eigenvalue weighted by molar-refractivity contribution is 6.03. The lowest BCUT2D eigenvalue weighted by atomic mass is 9.75. The van der Waals surface area contributed by atoms with Crippen molar-refractivity contribution in [1.82, 2.24) is 10.6 Å². The highest BCUT2D eigenvalue weighted by atomic mass is 19.1. The smallest absolute Gasteiger partial charge is 0.236 e. The number of carbonyl (C=O) groups is 2. The Bertz CT molecular complexity index is 593. The summed E-state index contributed by atoms with van der Waals surface area (Å²) in [7, 11) is 0. The zero-order chi connectivity index (χ0) is 15.8. The summed E-state index contributed by atoms with van der Waals surface area (Å²) in [6.45, 7) is 3.19. The molecule has 2 aliphatic rings. The summed E-state index contributed by atoms with van der Waals surface area (Å²) in [6.07, 6.45) is 1.77. The molecule has 1 atom stereocenters. The van der Waals surface area contributed by atoms with E-state index in [1.165, 1.54) is 0 Å². The second-order valence-corrected chi connectivity index (χ2v) is 6.50. The molecule has 2 heterocycles. The van der Waals surface area contributed by atoms with Gasteiger partial charge in [0, 0.05) is 6.42 Å². The van der Waals surface area contributed by atoms with Crippen LogP contribution in [0, 0.1) is 0 Å². The minimum Gasteiger partial charge on any atom is -0.316 e. The number of halogens is 1. The Hall–Kier alpha value is -1.75. The maximum Gasteiger partial charge on any atom is 0.236 e. The highest BCUT2D eigenvalue weighted by Crippen LogP contribution is 2.37. The van der Waals surface area contributed by atoms with E-state index in [2.05, 4.69) is 10.6 Å². The standard InChI is InChI=1S/C17H21FN2O2/c1-16(7-6-14(21)20-15(16)22)12-2-4-13(5-3-12)17(18)8-10-19-11-9-17/h2-5,19H,6-11H2,1H3,(H,20,21,22). The van der Waals surface area contributed by atoms with Crippen molar-refractivity contribution >= 4 is 11.8 Å².